The Labute approximate surface area is 56.0 Å². The number of hydrogen-bond acceptors (Lipinski definition) is 2. The molecule has 6 heavy (non-hydrogen) atoms. The van der Waals surface area contributed by atoms with Gasteiger partial charge in [0, 0.05) is 26.2 Å². The summed E-state index contributed by atoms with van der Waals surface area (Å²) in [6, 6.07) is 0. The molecule has 0 aromatic carbocycles. The molecule has 0 amide bonds. The minimum atomic E-state index is 0. The summed E-state index contributed by atoms with van der Waals surface area (Å²) < 4.78 is 4.15. The van der Waals surface area contributed by atoms with E-state index in [1.165, 1.54) is 0 Å². The van der Waals surface area contributed by atoms with E-state index in [1.807, 2.05) is 0 Å². The van der Waals surface area contributed by atoms with Crippen LogP contribution in [-0.4, -0.2) is 13.1 Å². The van der Waals surface area contributed by atoms with Gasteiger partial charge in [-0.05, 0) is 6.92 Å². The van der Waals surface area contributed by atoms with Crippen LogP contribution in [0.3, 0.4) is 0 Å². The van der Waals surface area contributed by atoms with Gasteiger partial charge in [0.05, 0.1) is 6.61 Å². The topological polar surface area (TPSA) is 26.3 Å². The molecule has 0 fully saturated rings. The summed E-state index contributed by atoms with van der Waals surface area (Å²) in [5.74, 6) is 0. The van der Waals surface area contributed by atoms with Crippen LogP contribution in [0, 0.1) is 0 Å². The number of rotatable bonds is 2. The van der Waals surface area contributed by atoms with E-state index in [0.717, 1.165) is 0 Å². The number of hydrogen-bond donors (Lipinski definition) is 0. The van der Waals surface area contributed by atoms with Gasteiger partial charge < -0.3 is 4.74 Å². The average molecular weight is 165 g/mol. The van der Waals surface area contributed by atoms with E-state index in [1.54, 1.807) is 6.92 Å². The summed E-state index contributed by atoms with van der Waals surface area (Å²) >= 11 is 0. The van der Waals surface area contributed by atoms with Gasteiger partial charge in [-0.3, -0.25) is 4.79 Å². The summed E-state index contributed by atoms with van der Waals surface area (Å²) in [5, 5.41) is 0. The van der Waals surface area contributed by atoms with Crippen molar-refractivity contribution in [3.63, 3.8) is 0 Å². The van der Waals surface area contributed by atoms with E-state index >= 15 is 0 Å². The van der Waals surface area contributed by atoms with Gasteiger partial charge in [0.2, 0.25) is 0 Å². The smallest absolute Gasteiger partial charge is 0.293 e. The summed E-state index contributed by atoms with van der Waals surface area (Å²) in [6.45, 7) is 2.66. The van der Waals surface area contributed by atoms with Crippen molar-refractivity contribution in [2.45, 2.75) is 6.92 Å². The van der Waals surface area contributed by atoms with Gasteiger partial charge in [0.25, 0.3) is 6.47 Å². The van der Waals surface area contributed by atoms with Gasteiger partial charge in [-0.25, -0.2) is 0 Å². The van der Waals surface area contributed by atoms with E-state index in [9.17, 15) is 4.79 Å². The Morgan fingerprint density at radius 3 is 2.33 bits per heavy atom. The SMILES string of the molecule is CCOC=O.[Zr]. The zero-order valence-electron chi connectivity index (χ0n) is 3.60. The molecule has 0 aliphatic rings. The molecule has 2 nitrogen and oxygen atoms in total. The second-order valence-corrected chi connectivity index (χ2v) is 0.552. The monoisotopic (exact) mass is 164 g/mol. The molecule has 3 heteroatoms. The Hall–Kier alpha value is 0.353. The Kier molecular flexibility index (Phi) is 14.4. The molecule has 0 bridgehead atoms. The first-order chi connectivity index (χ1) is 2.41. The van der Waals surface area contributed by atoms with Gasteiger partial charge in [0.1, 0.15) is 0 Å². The van der Waals surface area contributed by atoms with E-state index in [-0.39, 0.29) is 26.2 Å². The standard InChI is InChI=1S/C3H6O2.Zr/c1-2-5-3-4;/h3H,2H2,1H3;. The Bertz CT molecular complexity index is 30.0. The third-order valence-corrected chi connectivity index (χ3v) is 0.235. The zero-order valence-corrected chi connectivity index (χ0v) is 6.06. The van der Waals surface area contributed by atoms with Crippen molar-refractivity contribution < 1.29 is 35.7 Å². The molecule has 0 aromatic heterocycles. The molecule has 0 N–H and O–H groups in total. The van der Waals surface area contributed by atoms with Crippen molar-refractivity contribution in [2.75, 3.05) is 6.61 Å². The molecule has 0 unspecified atom stereocenters. The molecular weight excluding hydrogens is 159 g/mol. The fourth-order valence-corrected chi connectivity index (χ4v) is 0.0680. The van der Waals surface area contributed by atoms with Crippen LogP contribution in [0.2, 0.25) is 0 Å². The Morgan fingerprint density at radius 1 is 1.83 bits per heavy atom. The third kappa shape index (κ3) is 8.84. The van der Waals surface area contributed by atoms with Gasteiger partial charge in [-0.2, -0.15) is 0 Å². The minimum absolute atomic E-state index is 0. The molecule has 34 valence electrons. The first-order valence-corrected chi connectivity index (χ1v) is 1.47. The molecule has 0 heterocycles. The summed E-state index contributed by atoms with van der Waals surface area (Å²) in [5.41, 5.74) is 0. The Balaban J connectivity index is 0. The van der Waals surface area contributed by atoms with Crippen molar-refractivity contribution in [3.05, 3.63) is 0 Å². The maximum absolute atomic E-state index is 9.18. The molecule has 0 radical (unpaired) electrons. The van der Waals surface area contributed by atoms with E-state index in [2.05, 4.69) is 4.74 Å². The zero-order chi connectivity index (χ0) is 4.12. The van der Waals surface area contributed by atoms with Crippen molar-refractivity contribution in [1.82, 2.24) is 0 Å². The number of ether oxygens (including phenoxy) is 1. The van der Waals surface area contributed by atoms with Crippen LogP contribution in [0.1, 0.15) is 6.92 Å². The first-order valence-electron chi connectivity index (χ1n) is 1.47. The largest absolute Gasteiger partial charge is 0.468 e. The van der Waals surface area contributed by atoms with Crippen LogP contribution < -0.4 is 0 Å². The van der Waals surface area contributed by atoms with Crippen LogP contribution in [0.15, 0.2) is 0 Å². The average Bonchev–Trinajstić information content (AvgIpc) is 1.41. The molecule has 0 saturated heterocycles. The number of carbonyl (C=O) groups is 1. The number of carbonyl (C=O) groups excluding carboxylic acids is 1. The van der Waals surface area contributed by atoms with Crippen molar-refractivity contribution >= 4 is 6.47 Å². The molecule has 0 saturated carbocycles. The van der Waals surface area contributed by atoms with Crippen LogP contribution in [0.25, 0.3) is 0 Å². The first kappa shape index (κ1) is 9.61. The minimum Gasteiger partial charge on any atom is -0.468 e. The normalized spacial score (nSPS) is 5.50. The van der Waals surface area contributed by atoms with Crippen LogP contribution in [0.4, 0.5) is 0 Å². The molecule has 0 aromatic rings. The maximum Gasteiger partial charge on any atom is 0.293 e. The third-order valence-electron chi connectivity index (χ3n) is 0.235. The van der Waals surface area contributed by atoms with Crippen LogP contribution in [-0.2, 0) is 35.7 Å². The molecule has 0 spiro atoms. The molecule has 0 atom stereocenters. The fraction of sp³-hybridized carbons (Fsp3) is 0.667. The fourth-order valence-electron chi connectivity index (χ4n) is 0.0680. The van der Waals surface area contributed by atoms with E-state index in [4.69, 9.17) is 0 Å². The maximum atomic E-state index is 9.18. The quantitative estimate of drug-likeness (QED) is 0.546. The predicted molar refractivity (Wildman–Crippen MR) is 17.7 cm³/mol. The summed E-state index contributed by atoms with van der Waals surface area (Å²) in [7, 11) is 0. The second kappa shape index (κ2) is 9.02. The van der Waals surface area contributed by atoms with Gasteiger partial charge >= 0.3 is 0 Å². The molecular formula is C3H6O2Zr. The Morgan fingerprint density at radius 2 is 2.33 bits per heavy atom. The van der Waals surface area contributed by atoms with Gasteiger partial charge in [-0.1, -0.05) is 0 Å². The van der Waals surface area contributed by atoms with E-state index in [0.29, 0.717) is 13.1 Å². The van der Waals surface area contributed by atoms with E-state index < -0.39 is 0 Å². The molecule has 0 rings (SSSR count). The predicted octanol–water partition coefficient (Wildman–Crippen LogP) is 0.177. The van der Waals surface area contributed by atoms with Crippen LogP contribution in [0.5, 0.6) is 0 Å². The van der Waals surface area contributed by atoms with Crippen molar-refractivity contribution in [1.29, 1.82) is 0 Å². The molecule has 0 aliphatic carbocycles. The van der Waals surface area contributed by atoms with Gasteiger partial charge in [0.15, 0.2) is 0 Å². The van der Waals surface area contributed by atoms with Gasteiger partial charge in [-0.15, -0.1) is 0 Å². The molecule has 0 aliphatic heterocycles. The van der Waals surface area contributed by atoms with Crippen molar-refractivity contribution in [3.8, 4) is 0 Å². The summed E-state index contributed by atoms with van der Waals surface area (Å²) in [6.07, 6.45) is 0. The second-order valence-electron chi connectivity index (χ2n) is 0.552. The summed E-state index contributed by atoms with van der Waals surface area (Å²) in [4.78, 5) is 9.18. The van der Waals surface area contributed by atoms with Crippen molar-refractivity contribution in [2.24, 2.45) is 0 Å². The van der Waals surface area contributed by atoms with Crippen LogP contribution >= 0.6 is 0 Å².